The number of esters is 1. The van der Waals surface area contributed by atoms with Crippen molar-refractivity contribution in [2.24, 2.45) is 5.92 Å². The summed E-state index contributed by atoms with van der Waals surface area (Å²) in [5, 5.41) is 0. The van der Waals surface area contributed by atoms with E-state index in [-0.39, 0.29) is 12.1 Å². The Morgan fingerprint density at radius 2 is 2.00 bits per heavy atom. The van der Waals surface area contributed by atoms with Crippen molar-refractivity contribution in [1.82, 2.24) is 0 Å². The lowest BCUT2D eigenvalue weighted by Crippen LogP contribution is -2.28. The predicted molar refractivity (Wildman–Crippen MR) is 49.4 cm³/mol. The van der Waals surface area contributed by atoms with Gasteiger partial charge in [0.25, 0.3) is 0 Å². The minimum atomic E-state index is -0.117. The lowest BCUT2D eigenvalue weighted by molar-refractivity contribution is -0.143. The number of methoxy groups -OCH3 is 2. The second-order valence-corrected chi connectivity index (χ2v) is 3.60. The lowest BCUT2D eigenvalue weighted by Gasteiger charge is -2.29. The molecule has 76 valence electrons. The molecule has 0 amide bonds. The van der Waals surface area contributed by atoms with Gasteiger partial charge in [-0.1, -0.05) is 12.8 Å². The van der Waals surface area contributed by atoms with Gasteiger partial charge in [-0.2, -0.15) is 0 Å². The maximum atomic E-state index is 11.1. The Morgan fingerprint density at radius 3 is 2.62 bits per heavy atom. The van der Waals surface area contributed by atoms with Crippen molar-refractivity contribution < 1.29 is 14.3 Å². The van der Waals surface area contributed by atoms with Crippen LogP contribution < -0.4 is 0 Å². The Hall–Kier alpha value is -0.570. The van der Waals surface area contributed by atoms with E-state index in [1.54, 1.807) is 7.11 Å². The molecule has 0 aliphatic heterocycles. The fourth-order valence-electron chi connectivity index (χ4n) is 2.01. The van der Waals surface area contributed by atoms with Crippen LogP contribution in [0.2, 0.25) is 0 Å². The molecular formula is C10H18O3. The second kappa shape index (κ2) is 5.22. The van der Waals surface area contributed by atoms with Gasteiger partial charge < -0.3 is 9.47 Å². The first-order valence-electron chi connectivity index (χ1n) is 4.87. The zero-order chi connectivity index (χ0) is 9.68. The molecule has 0 aromatic heterocycles. The van der Waals surface area contributed by atoms with Crippen molar-refractivity contribution in [2.75, 3.05) is 14.2 Å². The first kappa shape index (κ1) is 10.5. The summed E-state index contributed by atoms with van der Waals surface area (Å²) >= 11 is 0. The third kappa shape index (κ3) is 2.99. The largest absolute Gasteiger partial charge is 0.469 e. The van der Waals surface area contributed by atoms with Crippen LogP contribution in [-0.2, 0) is 14.3 Å². The molecule has 3 heteroatoms. The van der Waals surface area contributed by atoms with E-state index in [4.69, 9.17) is 4.74 Å². The van der Waals surface area contributed by atoms with Crippen LogP contribution in [0.4, 0.5) is 0 Å². The summed E-state index contributed by atoms with van der Waals surface area (Å²) < 4.78 is 9.99. The number of carbonyl (C=O) groups excluding carboxylic acids is 1. The molecule has 0 bridgehead atoms. The third-order valence-corrected chi connectivity index (χ3v) is 2.80. The number of ether oxygens (including phenoxy) is 2. The molecule has 0 heterocycles. The molecular weight excluding hydrogens is 168 g/mol. The molecule has 1 aliphatic carbocycles. The molecule has 0 saturated heterocycles. The summed E-state index contributed by atoms with van der Waals surface area (Å²) in [6.45, 7) is 0. The normalized spacial score (nSPS) is 28.5. The summed E-state index contributed by atoms with van der Waals surface area (Å²) in [4.78, 5) is 11.1. The van der Waals surface area contributed by atoms with Gasteiger partial charge in [0.1, 0.15) is 0 Å². The minimum absolute atomic E-state index is 0.117. The van der Waals surface area contributed by atoms with E-state index in [9.17, 15) is 4.79 Å². The Morgan fingerprint density at radius 1 is 1.31 bits per heavy atom. The van der Waals surface area contributed by atoms with E-state index < -0.39 is 0 Å². The van der Waals surface area contributed by atoms with Crippen LogP contribution in [0.3, 0.4) is 0 Å². The van der Waals surface area contributed by atoms with Crippen LogP contribution in [0.1, 0.15) is 32.1 Å². The third-order valence-electron chi connectivity index (χ3n) is 2.80. The molecule has 0 radical (unpaired) electrons. The monoisotopic (exact) mass is 186 g/mol. The quantitative estimate of drug-likeness (QED) is 0.630. The highest BCUT2D eigenvalue weighted by atomic mass is 16.5. The van der Waals surface area contributed by atoms with E-state index in [0.29, 0.717) is 12.3 Å². The van der Waals surface area contributed by atoms with E-state index in [1.165, 1.54) is 20.0 Å². The van der Waals surface area contributed by atoms with Crippen molar-refractivity contribution in [2.45, 2.75) is 38.2 Å². The highest BCUT2D eigenvalue weighted by Gasteiger charge is 2.26. The Kier molecular flexibility index (Phi) is 4.22. The molecule has 13 heavy (non-hydrogen) atoms. The number of hydrogen-bond acceptors (Lipinski definition) is 3. The van der Waals surface area contributed by atoms with Crippen molar-refractivity contribution in [3.05, 3.63) is 0 Å². The molecule has 1 aliphatic rings. The molecule has 1 rings (SSSR count). The second-order valence-electron chi connectivity index (χ2n) is 3.60. The first-order valence-corrected chi connectivity index (χ1v) is 4.87. The topological polar surface area (TPSA) is 35.5 Å². The van der Waals surface area contributed by atoms with Gasteiger partial charge in [0.15, 0.2) is 0 Å². The zero-order valence-corrected chi connectivity index (χ0v) is 8.41. The first-order chi connectivity index (χ1) is 6.27. The van der Waals surface area contributed by atoms with E-state index in [2.05, 4.69) is 4.74 Å². The maximum Gasteiger partial charge on any atom is 0.305 e. The minimum Gasteiger partial charge on any atom is -0.469 e. The molecule has 3 nitrogen and oxygen atoms in total. The van der Waals surface area contributed by atoms with Crippen molar-refractivity contribution in [1.29, 1.82) is 0 Å². The molecule has 0 aromatic carbocycles. The van der Waals surface area contributed by atoms with E-state index >= 15 is 0 Å². The van der Waals surface area contributed by atoms with Crippen LogP contribution >= 0.6 is 0 Å². The average Bonchev–Trinajstić information content (AvgIpc) is 2.18. The average molecular weight is 186 g/mol. The smallest absolute Gasteiger partial charge is 0.305 e. The van der Waals surface area contributed by atoms with Gasteiger partial charge >= 0.3 is 5.97 Å². The standard InChI is InChI=1S/C10H18O3/c1-12-9-6-4-3-5-8(9)7-10(11)13-2/h8-9H,3-7H2,1-2H3/t8-,9-/m0/s1. The predicted octanol–water partition coefficient (Wildman–Crippen LogP) is 1.75. The summed E-state index contributed by atoms with van der Waals surface area (Å²) in [7, 11) is 3.16. The summed E-state index contributed by atoms with van der Waals surface area (Å²) in [5.74, 6) is 0.250. The SMILES string of the molecule is COC(=O)C[C@@H]1CCCC[C@@H]1OC. The number of rotatable bonds is 3. The number of hydrogen-bond donors (Lipinski definition) is 0. The molecule has 0 N–H and O–H groups in total. The van der Waals surface area contributed by atoms with Crippen molar-refractivity contribution in [3.63, 3.8) is 0 Å². The Bertz CT molecular complexity index is 168. The highest BCUT2D eigenvalue weighted by molar-refractivity contribution is 5.69. The van der Waals surface area contributed by atoms with Gasteiger partial charge in [0.2, 0.25) is 0 Å². The Balaban J connectivity index is 2.40. The molecule has 1 saturated carbocycles. The molecule has 0 spiro atoms. The van der Waals surface area contributed by atoms with Gasteiger partial charge in [0.05, 0.1) is 19.6 Å². The van der Waals surface area contributed by atoms with Gasteiger partial charge in [0, 0.05) is 7.11 Å². The summed E-state index contributed by atoms with van der Waals surface area (Å²) in [6.07, 6.45) is 5.37. The van der Waals surface area contributed by atoms with Gasteiger partial charge in [-0.05, 0) is 18.8 Å². The van der Waals surface area contributed by atoms with Crippen LogP contribution in [-0.4, -0.2) is 26.3 Å². The van der Waals surface area contributed by atoms with E-state index in [1.807, 2.05) is 0 Å². The lowest BCUT2D eigenvalue weighted by atomic mass is 9.84. The zero-order valence-electron chi connectivity index (χ0n) is 8.41. The molecule has 1 fully saturated rings. The fraction of sp³-hybridized carbons (Fsp3) is 0.900. The van der Waals surface area contributed by atoms with Crippen LogP contribution in [0.25, 0.3) is 0 Å². The van der Waals surface area contributed by atoms with Crippen LogP contribution in [0.5, 0.6) is 0 Å². The van der Waals surface area contributed by atoms with E-state index in [0.717, 1.165) is 12.8 Å². The fourth-order valence-corrected chi connectivity index (χ4v) is 2.01. The van der Waals surface area contributed by atoms with Gasteiger partial charge in [-0.3, -0.25) is 4.79 Å². The molecule has 2 atom stereocenters. The summed E-state index contributed by atoms with van der Waals surface area (Å²) in [6, 6.07) is 0. The van der Waals surface area contributed by atoms with Crippen LogP contribution in [0.15, 0.2) is 0 Å². The number of carbonyl (C=O) groups is 1. The van der Waals surface area contributed by atoms with Crippen LogP contribution in [0, 0.1) is 5.92 Å². The van der Waals surface area contributed by atoms with Gasteiger partial charge in [-0.15, -0.1) is 0 Å². The Labute approximate surface area is 79.4 Å². The molecule has 0 unspecified atom stereocenters. The molecule has 0 aromatic rings. The maximum absolute atomic E-state index is 11.1. The highest BCUT2D eigenvalue weighted by Crippen LogP contribution is 2.28. The van der Waals surface area contributed by atoms with Gasteiger partial charge in [-0.25, -0.2) is 0 Å². The summed E-state index contributed by atoms with van der Waals surface area (Å²) in [5.41, 5.74) is 0. The van der Waals surface area contributed by atoms with Crippen molar-refractivity contribution in [3.8, 4) is 0 Å². The van der Waals surface area contributed by atoms with Crippen molar-refractivity contribution >= 4 is 5.97 Å².